The average Bonchev–Trinajstić information content (AvgIpc) is 2.88. The Morgan fingerprint density at radius 3 is 2.37 bits per heavy atom. The molecule has 8 nitrogen and oxygen atoms in total. The van der Waals surface area contributed by atoms with Gasteiger partial charge in [0.1, 0.15) is 11.3 Å². The van der Waals surface area contributed by atoms with Gasteiger partial charge in [-0.05, 0) is 35.9 Å². The number of hydrogen-bond donors (Lipinski definition) is 0. The van der Waals surface area contributed by atoms with Crippen LogP contribution in [0, 0.1) is 10.1 Å². The van der Waals surface area contributed by atoms with E-state index in [-0.39, 0.29) is 11.6 Å². The zero-order valence-electron chi connectivity index (χ0n) is 18.5. The van der Waals surface area contributed by atoms with E-state index in [1.165, 1.54) is 6.07 Å². The lowest BCUT2D eigenvalue weighted by atomic mass is 10.0. The summed E-state index contributed by atoms with van der Waals surface area (Å²) in [7, 11) is 0. The quantitative estimate of drug-likeness (QED) is 0.228. The summed E-state index contributed by atoms with van der Waals surface area (Å²) in [5.41, 5.74) is 2.00. The van der Waals surface area contributed by atoms with Crippen molar-refractivity contribution < 1.29 is 14.1 Å². The van der Waals surface area contributed by atoms with Crippen molar-refractivity contribution in [3.05, 3.63) is 104 Å². The smallest absolute Gasteiger partial charge is 0.344 e. The van der Waals surface area contributed by atoms with Gasteiger partial charge in [0.2, 0.25) is 0 Å². The molecule has 1 amide bonds. The first kappa shape index (κ1) is 22.6. The van der Waals surface area contributed by atoms with Gasteiger partial charge in [-0.1, -0.05) is 48.0 Å². The van der Waals surface area contributed by atoms with E-state index in [0.29, 0.717) is 59.2 Å². The highest BCUT2D eigenvalue weighted by atomic mass is 35.5. The highest BCUT2D eigenvalue weighted by Crippen LogP contribution is 2.36. The molecule has 0 radical (unpaired) electrons. The summed E-state index contributed by atoms with van der Waals surface area (Å²) in [5.74, 6) is -0.143. The van der Waals surface area contributed by atoms with Crippen LogP contribution in [0.2, 0.25) is 5.02 Å². The number of para-hydroxylation sites is 2. The van der Waals surface area contributed by atoms with Crippen LogP contribution in [0.3, 0.4) is 0 Å². The molecule has 3 aromatic carbocycles. The first-order chi connectivity index (χ1) is 16.9. The minimum Gasteiger partial charge on any atom is -0.422 e. The van der Waals surface area contributed by atoms with Gasteiger partial charge in [-0.2, -0.15) is 0 Å². The maximum Gasteiger partial charge on any atom is 0.344 e. The summed E-state index contributed by atoms with van der Waals surface area (Å²) >= 11 is 6.25. The van der Waals surface area contributed by atoms with Crippen molar-refractivity contribution in [2.45, 2.75) is 0 Å². The third kappa shape index (κ3) is 4.36. The molecule has 1 aromatic heterocycles. The lowest BCUT2D eigenvalue weighted by Gasteiger charge is -2.36. The molecule has 1 fully saturated rings. The van der Waals surface area contributed by atoms with Crippen LogP contribution in [-0.4, -0.2) is 41.9 Å². The Morgan fingerprint density at radius 1 is 0.943 bits per heavy atom. The first-order valence-electron chi connectivity index (χ1n) is 11.0. The summed E-state index contributed by atoms with van der Waals surface area (Å²) in [6.45, 7) is 1.65. The molecule has 0 saturated carbocycles. The molecule has 176 valence electrons. The summed E-state index contributed by atoms with van der Waals surface area (Å²) in [6.07, 6.45) is 0. The lowest BCUT2D eigenvalue weighted by Crippen LogP contribution is -2.49. The number of nitro groups is 1. The average molecular weight is 490 g/mol. The summed E-state index contributed by atoms with van der Waals surface area (Å²) in [4.78, 5) is 40.0. The third-order valence-electron chi connectivity index (χ3n) is 6.13. The Hall–Kier alpha value is -4.17. The van der Waals surface area contributed by atoms with Crippen molar-refractivity contribution >= 4 is 39.9 Å². The zero-order valence-corrected chi connectivity index (χ0v) is 19.3. The number of hydrogen-bond acceptors (Lipinski definition) is 6. The second kappa shape index (κ2) is 9.23. The van der Waals surface area contributed by atoms with Crippen LogP contribution in [0.15, 0.2) is 82.0 Å². The standard InChI is InChI=1S/C26H20ClN3O5/c27-21-5-3-6-22(30(33)34)24(21)28-12-14-29(15-13-28)25(31)18-10-8-17(9-11-18)20-16-19-4-1-2-7-23(19)35-26(20)32/h1-11,16H,12-15H2. The number of anilines is 1. The SMILES string of the molecule is O=C(c1ccc(-c2cc3ccccc3oc2=O)cc1)N1CCN(c2c(Cl)cccc2[N+](=O)[O-])CC1. The molecule has 0 spiro atoms. The van der Waals surface area contributed by atoms with E-state index in [1.54, 1.807) is 59.5 Å². The van der Waals surface area contributed by atoms with Gasteiger partial charge in [-0.15, -0.1) is 0 Å². The zero-order chi connectivity index (χ0) is 24.5. The van der Waals surface area contributed by atoms with Crippen molar-refractivity contribution in [2.24, 2.45) is 0 Å². The molecule has 0 atom stereocenters. The van der Waals surface area contributed by atoms with E-state index in [9.17, 15) is 19.7 Å². The number of benzene rings is 3. The molecule has 1 saturated heterocycles. The second-order valence-electron chi connectivity index (χ2n) is 8.21. The second-order valence-corrected chi connectivity index (χ2v) is 8.61. The molecule has 1 aliphatic rings. The van der Waals surface area contributed by atoms with Crippen LogP contribution < -0.4 is 10.5 Å². The van der Waals surface area contributed by atoms with Crippen LogP contribution in [-0.2, 0) is 0 Å². The molecule has 2 heterocycles. The van der Waals surface area contributed by atoms with Gasteiger partial charge in [0.15, 0.2) is 0 Å². The molecule has 5 rings (SSSR count). The predicted octanol–water partition coefficient (Wildman–Crippen LogP) is 4.98. The summed E-state index contributed by atoms with van der Waals surface area (Å²) in [6, 6.07) is 20.5. The highest BCUT2D eigenvalue weighted by molar-refractivity contribution is 6.33. The molecule has 0 N–H and O–H groups in total. The van der Waals surface area contributed by atoms with Gasteiger partial charge >= 0.3 is 5.63 Å². The minimum atomic E-state index is -0.448. The van der Waals surface area contributed by atoms with Gasteiger partial charge < -0.3 is 14.2 Å². The van der Waals surface area contributed by atoms with Crippen LogP contribution in [0.5, 0.6) is 0 Å². The number of nitrogens with zero attached hydrogens (tertiary/aromatic N) is 3. The molecule has 9 heteroatoms. The monoisotopic (exact) mass is 489 g/mol. The lowest BCUT2D eigenvalue weighted by molar-refractivity contribution is -0.384. The number of nitro benzene ring substituents is 1. The van der Waals surface area contributed by atoms with Gasteiger partial charge in [-0.25, -0.2) is 4.79 Å². The normalized spacial score (nSPS) is 13.7. The number of halogens is 1. The van der Waals surface area contributed by atoms with E-state index in [0.717, 1.165) is 5.39 Å². The fourth-order valence-electron chi connectivity index (χ4n) is 4.34. The van der Waals surface area contributed by atoms with E-state index in [4.69, 9.17) is 16.0 Å². The van der Waals surface area contributed by atoms with E-state index in [1.807, 2.05) is 17.0 Å². The maximum absolute atomic E-state index is 13.1. The van der Waals surface area contributed by atoms with Gasteiger partial charge in [0.25, 0.3) is 11.6 Å². The minimum absolute atomic E-state index is 0.0500. The van der Waals surface area contributed by atoms with E-state index >= 15 is 0 Å². The number of piperazine rings is 1. The largest absolute Gasteiger partial charge is 0.422 e. The van der Waals surface area contributed by atoms with Crippen molar-refractivity contribution in [3.63, 3.8) is 0 Å². The Bertz CT molecular complexity index is 1490. The van der Waals surface area contributed by atoms with E-state index in [2.05, 4.69) is 0 Å². The summed E-state index contributed by atoms with van der Waals surface area (Å²) in [5, 5.41) is 12.6. The van der Waals surface area contributed by atoms with E-state index < -0.39 is 10.5 Å². The number of amides is 1. The van der Waals surface area contributed by atoms with Crippen molar-refractivity contribution in [2.75, 3.05) is 31.1 Å². The molecular weight excluding hydrogens is 470 g/mol. The molecule has 0 aliphatic carbocycles. The number of carbonyl (C=O) groups is 1. The Kier molecular flexibility index (Phi) is 5.96. The fraction of sp³-hybridized carbons (Fsp3) is 0.154. The third-order valence-corrected chi connectivity index (χ3v) is 6.43. The Morgan fingerprint density at radius 2 is 1.66 bits per heavy atom. The molecular formula is C26H20ClN3O5. The first-order valence-corrected chi connectivity index (χ1v) is 11.4. The molecule has 0 bridgehead atoms. The molecule has 4 aromatic rings. The van der Waals surface area contributed by atoms with Gasteiger partial charge in [-0.3, -0.25) is 14.9 Å². The molecule has 35 heavy (non-hydrogen) atoms. The molecule has 1 aliphatic heterocycles. The van der Waals surface area contributed by atoms with Gasteiger partial charge in [0, 0.05) is 43.2 Å². The van der Waals surface area contributed by atoms with Crippen LogP contribution in [0.4, 0.5) is 11.4 Å². The topological polar surface area (TPSA) is 96.9 Å². The van der Waals surface area contributed by atoms with Gasteiger partial charge in [0.05, 0.1) is 15.5 Å². The number of carbonyl (C=O) groups excluding carboxylic acids is 1. The highest BCUT2D eigenvalue weighted by Gasteiger charge is 2.28. The Labute approximate surface area is 205 Å². The predicted molar refractivity (Wildman–Crippen MR) is 134 cm³/mol. The Balaban J connectivity index is 1.31. The number of rotatable bonds is 4. The summed E-state index contributed by atoms with van der Waals surface area (Å²) < 4.78 is 5.41. The van der Waals surface area contributed by atoms with Crippen LogP contribution in [0.1, 0.15) is 10.4 Å². The molecule has 0 unspecified atom stereocenters. The number of fused-ring (bicyclic) bond motifs is 1. The van der Waals surface area contributed by atoms with Crippen molar-refractivity contribution in [3.8, 4) is 11.1 Å². The van der Waals surface area contributed by atoms with Crippen molar-refractivity contribution in [1.29, 1.82) is 0 Å². The van der Waals surface area contributed by atoms with Crippen molar-refractivity contribution in [1.82, 2.24) is 4.90 Å². The van der Waals surface area contributed by atoms with Crippen LogP contribution in [0.25, 0.3) is 22.1 Å². The maximum atomic E-state index is 13.1. The van der Waals surface area contributed by atoms with Crippen LogP contribution >= 0.6 is 11.6 Å². The fourth-order valence-corrected chi connectivity index (χ4v) is 4.62.